The molecular formula is C15H22O. The SMILES string of the molecule is Cc1cc2c(c(C)c1O)C(C)(C)C(C)C2C. The summed E-state index contributed by atoms with van der Waals surface area (Å²) in [7, 11) is 0. The fourth-order valence-corrected chi connectivity index (χ4v) is 3.34. The van der Waals surface area contributed by atoms with E-state index in [4.69, 9.17) is 0 Å². The summed E-state index contributed by atoms with van der Waals surface area (Å²) in [6.07, 6.45) is 0. The van der Waals surface area contributed by atoms with Crippen molar-refractivity contribution in [1.82, 2.24) is 0 Å². The molecule has 88 valence electrons. The van der Waals surface area contributed by atoms with Crippen LogP contribution in [0.1, 0.15) is 55.9 Å². The highest BCUT2D eigenvalue weighted by Crippen LogP contribution is 2.53. The van der Waals surface area contributed by atoms with Crippen LogP contribution in [0.4, 0.5) is 0 Å². The summed E-state index contributed by atoms with van der Waals surface area (Å²) in [6, 6.07) is 2.17. The Balaban J connectivity index is 2.78. The van der Waals surface area contributed by atoms with Gasteiger partial charge in [0.05, 0.1) is 0 Å². The van der Waals surface area contributed by atoms with Crippen LogP contribution in [-0.2, 0) is 5.41 Å². The first-order valence-electron chi connectivity index (χ1n) is 6.12. The van der Waals surface area contributed by atoms with E-state index in [0.29, 0.717) is 17.6 Å². The zero-order chi connectivity index (χ0) is 12.2. The summed E-state index contributed by atoms with van der Waals surface area (Å²) in [6.45, 7) is 13.2. The molecule has 1 aromatic carbocycles. The lowest BCUT2D eigenvalue weighted by molar-refractivity contribution is 0.340. The van der Waals surface area contributed by atoms with E-state index in [1.54, 1.807) is 0 Å². The average molecular weight is 218 g/mol. The Morgan fingerprint density at radius 1 is 1.19 bits per heavy atom. The first kappa shape index (κ1) is 11.5. The minimum atomic E-state index is 0.171. The number of fused-ring (bicyclic) bond motifs is 1. The standard InChI is InChI=1S/C15H22O/c1-8-7-12-9(2)11(4)15(5,6)13(12)10(3)14(8)16/h7,9,11,16H,1-6H3. The molecule has 0 heterocycles. The monoisotopic (exact) mass is 218 g/mol. The fourth-order valence-electron chi connectivity index (χ4n) is 3.34. The maximum Gasteiger partial charge on any atom is 0.121 e. The third-order valence-electron chi connectivity index (χ3n) is 4.79. The molecule has 16 heavy (non-hydrogen) atoms. The minimum absolute atomic E-state index is 0.171. The number of phenols is 1. The fraction of sp³-hybridized carbons (Fsp3) is 0.600. The van der Waals surface area contributed by atoms with Crippen molar-refractivity contribution in [2.45, 2.75) is 52.9 Å². The molecule has 2 rings (SSSR count). The summed E-state index contributed by atoms with van der Waals surface area (Å²) in [5.74, 6) is 1.69. The normalized spacial score (nSPS) is 26.9. The largest absolute Gasteiger partial charge is 0.507 e. The molecule has 1 aromatic rings. The van der Waals surface area contributed by atoms with Gasteiger partial charge in [-0.05, 0) is 53.4 Å². The lowest BCUT2D eigenvalue weighted by atomic mass is 9.76. The van der Waals surface area contributed by atoms with E-state index in [0.717, 1.165) is 11.1 Å². The number of rotatable bonds is 0. The molecule has 0 saturated heterocycles. The van der Waals surface area contributed by atoms with E-state index < -0.39 is 0 Å². The summed E-state index contributed by atoms with van der Waals surface area (Å²) in [5.41, 5.74) is 5.06. The zero-order valence-corrected chi connectivity index (χ0v) is 11.2. The van der Waals surface area contributed by atoms with Gasteiger partial charge in [0.15, 0.2) is 0 Å². The molecule has 1 aliphatic carbocycles. The summed E-state index contributed by atoms with van der Waals surface area (Å²) < 4.78 is 0. The molecule has 0 saturated carbocycles. The lowest BCUT2D eigenvalue weighted by Gasteiger charge is -2.28. The molecule has 1 aliphatic rings. The summed E-state index contributed by atoms with van der Waals surface area (Å²) >= 11 is 0. The summed E-state index contributed by atoms with van der Waals surface area (Å²) in [5, 5.41) is 10.1. The third kappa shape index (κ3) is 1.24. The van der Waals surface area contributed by atoms with Crippen molar-refractivity contribution in [3.8, 4) is 5.75 Å². The van der Waals surface area contributed by atoms with Crippen LogP contribution in [0.5, 0.6) is 5.75 Å². The van der Waals surface area contributed by atoms with Crippen molar-refractivity contribution in [1.29, 1.82) is 0 Å². The minimum Gasteiger partial charge on any atom is -0.507 e. The van der Waals surface area contributed by atoms with Gasteiger partial charge in [0, 0.05) is 0 Å². The average Bonchev–Trinajstić information content (AvgIpc) is 2.37. The topological polar surface area (TPSA) is 20.2 Å². The maximum atomic E-state index is 10.1. The molecule has 0 aliphatic heterocycles. The van der Waals surface area contributed by atoms with Gasteiger partial charge >= 0.3 is 0 Å². The smallest absolute Gasteiger partial charge is 0.121 e. The number of aromatic hydroxyl groups is 1. The van der Waals surface area contributed by atoms with Gasteiger partial charge in [-0.2, -0.15) is 0 Å². The van der Waals surface area contributed by atoms with Crippen molar-refractivity contribution >= 4 is 0 Å². The van der Waals surface area contributed by atoms with Crippen molar-refractivity contribution < 1.29 is 5.11 Å². The first-order valence-corrected chi connectivity index (χ1v) is 6.12. The van der Waals surface area contributed by atoms with Crippen LogP contribution in [-0.4, -0.2) is 5.11 Å². The van der Waals surface area contributed by atoms with E-state index in [-0.39, 0.29) is 5.41 Å². The van der Waals surface area contributed by atoms with Crippen molar-refractivity contribution in [2.75, 3.05) is 0 Å². The Bertz CT molecular complexity index is 443. The molecule has 0 aromatic heterocycles. The van der Waals surface area contributed by atoms with Gasteiger partial charge in [-0.1, -0.05) is 33.8 Å². The Morgan fingerprint density at radius 3 is 2.31 bits per heavy atom. The van der Waals surface area contributed by atoms with Crippen LogP contribution in [0.3, 0.4) is 0 Å². The summed E-state index contributed by atoms with van der Waals surface area (Å²) in [4.78, 5) is 0. The number of aryl methyl sites for hydroxylation is 1. The van der Waals surface area contributed by atoms with Crippen molar-refractivity contribution in [3.63, 3.8) is 0 Å². The Labute approximate surface area is 98.5 Å². The van der Waals surface area contributed by atoms with Crippen LogP contribution in [0, 0.1) is 19.8 Å². The van der Waals surface area contributed by atoms with Crippen LogP contribution in [0.15, 0.2) is 6.07 Å². The van der Waals surface area contributed by atoms with E-state index >= 15 is 0 Å². The lowest BCUT2D eigenvalue weighted by Crippen LogP contribution is -2.23. The first-order chi connectivity index (χ1) is 7.28. The van der Waals surface area contributed by atoms with Crippen LogP contribution in [0.2, 0.25) is 0 Å². The van der Waals surface area contributed by atoms with Gasteiger partial charge in [0.25, 0.3) is 0 Å². The zero-order valence-electron chi connectivity index (χ0n) is 11.2. The van der Waals surface area contributed by atoms with Gasteiger partial charge in [0.2, 0.25) is 0 Å². The number of phenolic OH excluding ortho intramolecular Hbond substituents is 1. The van der Waals surface area contributed by atoms with E-state index in [9.17, 15) is 5.11 Å². The highest BCUT2D eigenvalue weighted by atomic mass is 16.3. The predicted octanol–water partition coefficient (Wildman–Crippen LogP) is 4.04. The Kier molecular flexibility index (Phi) is 2.34. The molecule has 0 amide bonds. The van der Waals surface area contributed by atoms with Crippen molar-refractivity contribution in [2.24, 2.45) is 5.92 Å². The Morgan fingerprint density at radius 2 is 1.75 bits per heavy atom. The third-order valence-corrected chi connectivity index (χ3v) is 4.79. The molecule has 2 atom stereocenters. The second-order valence-corrected chi connectivity index (χ2v) is 5.93. The van der Waals surface area contributed by atoms with E-state index in [1.807, 2.05) is 13.8 Å². The number of benzene rings is 1. The number of hydrogen-bond donors (Lipinski definition) is 1. The van der Waals surface area contributed by atoms with Crippen LogP contribution in [0.25, 0.3) is 0 Å². The second-order valence-electron chi connectivity index (χ2n) is 5.93. The van der Waals surface area contributed by atoms with Crippen molar-refractivity contribution in [3.05, 3.63) is 28.3 Å². The maximum absolute atomic E-state index is 10.1. The molecule has 1 nitrogen and oxygen atoms in total. The molecule has 1 heteroatoms. The van der Waals surface area contributed by atoms with Gasteiger partial charge in [-0.15, -0.1) is 0 Å². The van der Waals surface area contributed by atoms with Gasteiger partial charge < -0.3 is 5.11 Å². The van der Waals surface area contributed by atoms with Gasteiger partial charge in [-0.25, -0.2) is 0 Å². The quantitative estimate of drug-likeness (QED) is 0.696. The molecule has 0 bridgehead atoms. The second kappa shape index (κ2) is 3.26. The van der Waals surface area contributed by atoms with E-state index in [2.05, 4.69) is 33.8 Å². The van der Waals surface area contributed by atoms with Gasteiger partial charge in [0.1, 0.15) is 5.75 Å². The molecule has 2 unspecified atom stereocenters. The van der Waals surface area contributed by atoms with Crippen LogP contribution < -0.4 is 0 Å². The molecule has 1 N–H and O–H groups in total. The Hall–Kier alpha value is -0.980. The molecule has 0 spiro atoms. The molecule has 0 radical (unpaired) electrons. The van der Waals surface area contributed by atoms with Crippen LogP contribution >= 0.6 is 0 Å². The highest BCUT2D eigenvalue weighted by molar-refractivity contribution is 5.55. The molecular weight excluding hydrogens is 196 g/mol. The predicted molar refractivity (Wildman–Crippen MR) is 68.2 cm³/mol. The number of hydrogen-bond acceptors (Lipinski definition) is 1. The van der Waals surface area contributed by atoms with E-state index in [1.165, 1.54) is 11.1 Å². The van der Waals surface area contributed by atoms with Gasteiger partial charge in [-0.3, -0.25) is 0 Å². The highest BCUT2D eigenvalue weighted by Gasteiger charge is 2.43. The molecule has 0 fully saturated rings.